The lowest BCUT2D eigenvalue weighted by Gasteiger charge is -2.15. The molecule has 1 atom stereocenters. The van der Waals surface area contributed by atoms with Crippen molar-refractivity contribution < 1.29 is 0 Å². The fraction of sp³-hybridized carbons (Fsp3) is 0.294. The number of hydrogen-bond donors (Lipinski definition) is 1. The summed E-state index contributed by atoms with van der Waals surface area (Å²) in [4.78, 5) is 0. The monoisotopic (exact) mass is 351 g/mol. The third-order valence-corrected chi connectivity index (χ3v) is 4.36. The zero-order chi connectivity index (χ0) is 14.5. The Morgan fingerprint density at radius 2 is 1.85 bits per heavy atom. The first kappa shape index (κ1) is 15.6. The molecule has 0 saturated carbocycles. The van der Waals surface area contributed by atoms with Crippen LogP contribution in [-0.4, -0.2) is 0 Å². The van der Waals surface area contributed by atoms with E-state index in [1.807, 2.05) is 12.1 Å². The Morgan fingerprint density at radius 3 is 2.50 bits per heavy atom. The molecule has 106 valence electrons. The van der Waals surface area contributed by atoms with Crippen LogP contribution in [-0.2, 0) is 13.0 Å². The van der Waals surface area contributed by atoms with E-state index in [2.05, 4.69) is 65.4 Å². The SMILES string of the molecule is CCc1ccc(C(C)NCc2cc(Br)ccc2Cl)cc1. The molecule has 0 aliphatic carbocycles. The molecule has 1 unspecified atom stereocenters. The van der Waals surface area contributed by atoms with E-state index >= 15 is 0 Å². The van der Waals surface area contributed by atoms with Crippen LogP contribution in [0.4, 0.5) is 0 Å². The summed E-state index contributed by atoms with van der Waals surface area (Å²) in [6, 6.07) is 15.0. The van der Waals surface area contributed by atoms with E-state index < -0.39 is 0 Å². The molecule has 0 bridgehead atoms. The third-order valence-electron chi connectivity index (χ3n) is 3.49. The molecule has 1 nitrogen and oxygen atoms in total. The van der Waals surface area contributed by atoms with Crippen LogP contribution in [0.1, 0.15) is 36.6 Å². The summed E-state index contributed by atoms with van der Waals surface area (Å²) in [5, 5.41) is 4.32. The fourth-order valence-electron chi connectivity index (χ4n) is 2.10. The summed E-state index contributed by atoms with van der Waals surface area (Å²) < 4.78 is 1.05. The van der Waals surface area contributed by atoms with Gasteiger partial charge in [0.2, 0.25) is 0 Å². The molecule has 2 aromatic rings. The van der Waals surface area contributed by atoms with Gasteiger partial charge in [-0.05, 0) is 48.2 Å². The molecule has 0 radical (unpaired) electrons. The summed E-state index contributed by atoms with van der Waals surface area (Å²) >= 11 is 9.68. The van der Waals surface area contributed by atoms with E-state index in [9.17, 15) is 0 Å². The van der Waals surface area contributed by atoms with Gasteiger partial charge < -0.3 is 5.32 Å². The molecule has 0 spiro atoms. The van der Waals surface area contributed by atoms with Crippen molar-refractivity contribution in [1.82, 2.24) is 5.32 Å². The average Bonchev–Trinajstić information content (AvgIpc) is 2.48. The van der Waals surface area contributed by atoms with Crippen LogP contribution in [0.2, 0.25) is 5.02 Å². The van der Waals surface area contributed by atoms with Gasteiger partial charge in [0.05, 0.1) is 0 Å². The molecule has 0 aromatic heterocycles. The maximum atomic E-state index is 6.20. The van der Waals surface area contributed by atoms with Gasteiger partial charge in [0.25, 0.3) is 0 Å². The first-order valence-electron chi connectivity index (χ1n) is 6.86. The molecule has 0 heterocycles. The van der Waals surface area contributed by atoms with Crippen LogP contribution in [0.25, 0.3) is 0 Å². The summed E-state index contributed by atoms with van der Waals surface area (Å²) in [5.74, 6) is 0. The molecule has 2 aromatic carbocycles. The number of nitrogens with one attached hydrogen (secondary N) is 1. The van der Waals surface area contributed by atoms with Crippen LogP contribution >= 0.6 is 27.5 Å². The molecule has 2 rings (SSSR count). The highest BCUT2D eigenvalue weighted by Gasteiger charge is 2.07. The molecule has 20 heavy (non-hydrogen) atoms. The maximum absolute atomic E-state index is 6.20. The Kier molecular flexibility index (Phi) is 5.64. The van der Waals surface area contributed by atoms with Crippen LogP contribution in [0, 0.1) is 0 Å². The van der Waals surface area contributed by atoms with Gasteiger partial charge in [-0.2, -0.15) is 0 Å². The largest absolute Gasteiger partial charge is 0.306 e. The number of benzene rings is 2. The smallest absolute Gasteiger partial charge is 0.0451 e. The Morgan fingerprint density at radius 1 is 1.15 bits per heavy atom. The van der Waals surface area contributed by atoms with E-state index in [0.717, 1.165) is 28.0 Å². The van der Waals surface area contributed by atoms with Gasteiger partial charge in [-0.25, -0.2) is 0 Å². The van der Waals surface area contributed by atoms with Gasteiger partial charge in [0.15, 0.2) is 0 Å². The Balaban J connectivity index is 2.00. The van der Waals surface area contributed by atoms with Gasteiger partial charge in [0.1, 0.15) is 0 Å². The Labute approximate surface area is 134 Å². The first-order chi connectivity index (χ1) is 9.60. The minimum Gasteiger partial charge on any atom is -0.306 e. The van der Waals surface area contributed by atoms with E-state index in [1.165, 1.54) is 11.1 Å². The van der Waals surface area contributed by atoms with Crippen molar-refractivity contribution in [2.24, 2.45) is 0 Å². The van der Waals surface area contributed by atoms with E-state index in [0.29, 0.717) is 6.04 Å². The molecule has 0 fully saturated rings. The number of hydrogen-bond acceptors (Lipinski definition) is 1. The number of halogens is 2. The molecule has 0 aliphatic rings. The van der Waals surface area contributed by atoms with Gasteiger partial charge in [-0.15, -0.1) is 0 Å². The lowest BCUT2D eigenvalue weighted by atomic mass is 10.0. The Bertz CT molecular complexity index is 566. The predicted molar refractivity (Wildman–Crippen MR) is 90.2 cm³/mol. The van der Waals surface area contributed by atoms with Crippen molar-refractivity contribution in [3.05, 3.63) is 68.7 Å². The number of rotatable bonds is 5. The van der Waals surface area contributed by atoms with Gasteiger partial charge in [0, 0.05) is 22.1 Å². The molecular formula is C17H19BrClN. The summed E-state index contributed by atoms with van der Waals surface area (Å²) in [7, 11) is 0. The number of aryl methyl sites for hydroxylation is 1. The highest BCUT2D eigenvalue weighted by atomic mass is 79.9. The minimum atomic E-state index is 0.302. The maximum Gasteiger partial charge on any atom is 0.0451 e. The normalized spacial score (nSPS) is 12.4. The lowest BCUT2D eigenvalue weighted by Crippen LogP contribution is -2.18. The molecule has 1 N–H and O–H groups in total. The second kappa shape index (κ2) is 7.26. The van der Waals surface area contributed by atoms with Crippen molar-refractivity contribution in [2.45, 2.75) is 32.9 Å². The topological polar surface area (TPSA) is 12.0 Å². The highest BCUT2D eigenvalue weighted by molar-refractivity contribution is 9.10. The van der Waals surface area contributed by atoms with E-state index in [4.69, 9.17) is 11.6 Å². The third kappa shape index (κ3) is 4.08. The summed E-state index contributed by atoms with van der Waals surface area (Å²) in [6.07, 6.45) is 1.08. The second-order valence-electron chi connectivity index (χ2n) is 4.93. The second-order valence-corrected chi connectivity index (χ2v) is 6.26. The zero-order valence-corrected chi connectivity index (χ0v) is 14.1. The zero-order valence-electron chi connectivity index (χ0n) is 11.8. The van der Waals surface area contributed by atoms with Crippen LogP contribution in [0.3, 0.4) is 0 Å². The van der Waals surface area contributed by atoms with Crippen LogP contribution in [0.5, 0.6) is 0 Å². The molecule has 0 amide bonds. The minimum absolute atomic E-state index is 0.302. The summed E-state index contributed by atoms with van der Waals surface area (Å²) in [6.45, 7) is 5.10. The molecule has 0 saturated heterocycles. The van der Waals surface area contributed by atoms with Crippen molar-refractivity contribution in [3.8, 4) is 0 Å². The lowest BCUT2D eigenvalue weighted by molar-refractivity contribution is 0.574. The van der Waals surface area contributed by atoms with Crippen molar-refractivity contribution >= 4 is 27.5 Å². The highest BCUT2D eigenvalue weighted by Crippen LogP contribution is 2.22. The van der Waals surface area contributed by atoms with Gasteiger partial charge >= 0.3 is 0 Å². The first-order valence-corrected chi connectivity index (χ1v) is 8.03. The van der Waals surface area contributed by atoms with Crippen LogP contribution in [0.15, 0.2) is 46.9 Å². The van der Waals surface area contributed by atoms with Crippen molar-refractivity contribution in [3.63, 3.8) is 0 Å². The molecule has 3 heteroatoms. The van der Waals surface area contributed by atoms with E-state index in [1.54, 1.807) is 0 Å². The average molecular weight is 353 g/mol. The van der Waals surface area contributed by atoms with Crippen molar-refractivity contribution in [1.29, 1.82) is 0 Å². The van der Waals surface area contributed by atoms with Crippen LogP contribution < -0.4 is 5.32 Å². The standard InChI is InChI=1S/C17H19BrClN/c1-3-13-4-6-14(7-5-13)12(2)20-11-15-10-16(18)8-9-17(15)19/h4-10,12,20H,3,11H2,1-2H3. The molecular weight excluding hydrogens is 334 g/mol. The summed E-state index contributed by atoms with van der Waals surface area (Å²) in [5.41, 5.74) is 3.78. The van der Waals surface area contributed by atoms with Crippen molar-refractivity contribution in [2.75, 3.05) is 0 Å². The van der Waals surface area contributed by atoms with E-state index in [-0.39, 0.29) is 0 Å². The fourth-order valence-corrected chi connectivity index (χ4v) is 2.69. The predicted octanol–water partition coefficient (Wildman–Crippen LogP) is 5.52. The quantitative estimate of drug-likeness (QED) is 0.747. The molecule has 0 aliphatic heterocycles. The van der Waals surface area contributed by atoms with Gasteiger partial charge in [-0.3, -0.25) is 0 Å². The van der Waals surface area contributed by atoms with Gasteiger partial charge in [-0.1, -0.05) is 58.7 Å². The Hall–Kier alpha value is -0.830.